The summed E-state index contributed by atoms with van der Waals surface area (Å²) in [6, 6.07) is 34.0. The highest BCUT2D eigenvalue weighted by atomic mass is 32.1. The first-order valence-electron chi connectivity index (χ1n) is 10.6. The summed E-state index contributed by atoms with van der Waals surface area (Å²) in [5.74, 6) is -0.435. The standard InChI is InChI=1S/C28H22N2OS/c1-19-22(28-30-24-16-8-9-18-25(24)32-28)15-10-17-23(19)29-27(31)26(20-11-4-2-5-12-20)21-13-6-3-7-14-21/h2-18,26H,1H3,(H,29,31). The molecule has 4 aromatic carbocycles. The van der Waals surface area contributed by atoms with Crippen LogP contribution in [0.3, 0.4) is 0 Å². The summed E-state index contributed by atoms with van der Waals surface area (Å²) in [6.07, 6.45) is 0. The summed E-state index contributed by atoms with van der Waals surface area (Å²) in [4.78, 5) is 18.3. The van der Waals surface area contributed by atoms with E-state index in [2.05, 4.69) is 17.4 Å². The maximum Gasteiger partial charge on any atom is 0.236 e. The molecule has 5 aromatic rings. The van der Waals surface area contributed by atoms with Gasteiger partial charge in [0.05, 0.1) is 16.1 Å². The van der Waals surface area contributed by atoms with E-state index in [1.807, 2.05) is 97.9 Å². The molecule has 0 atom stereocenters. The van der Waals surface area contributed by atoms with E-state index in [9.17, 15) is 4.79 Å². The Balaban J connectivity index is 1.50. The highest BCUT2D eigenvalue weighted by Gasteiger charge is 2.23. The van der Waals surface area contributed by atoms with Crippen LogP contribution in [-0.2, 0) is 4.79 Å². The van der Waals surface area contributed by atoms with Gasteiger partial charge in [0.1, 0.15) is 5.01 Å². The topological polar surface area (TPSA) is 42.0 Å². The van der Waals surface area contributed by atoms with Crippen molar-refractivity contribution in [1.29, 1.82) is 0 Å². The van der Waals surface area contributed by atoms with E-state index in [1.54, 1.807) is 11.3 Å². The molecule has 0 saturated heterocycles. The summed E-state index contributed by atoms with van der Waals surface area (Å²) >= 11 is 1.67. The number of carbonyl (C=O) groups excluding carboxylic acids is 1. The minimum Gasteiger partial charge on any atom is -0.325 e. The van der Waals surface area contributed by atoms with E-state index in [0.29, 0.717) is 0 Å². The molecule has 1 aromatic heterocycles. The van der Waals surface area contributed by atoms with Gasteiger partial charge in [-0.2, -0.15) is 0 Å². The highest BCUT2D eigenvalue weighted by Crippen LogP contribution is 2.35. The largest absolute Gasteiger partial charge is 0.325 e. The number of thiazole rings is 1. The zero-order valence-electron chi connectivity index (χ0n) is 17.7. The van der Waals surface area contributed by atoms with Gasteiger partial charge in [0.25, 0.3) is 0 Å². The molecular formula is C28H22N2OS. The second kappa shape index (κ2) is 8.77. The predicted molar refractivity (Wildman–Crippen MR) is 133 cm³/mol. The number of nitrogens with one attached hydrogen (secondary N) is 1. The van der Waals surface area contributed by atoms with Gasteiger partial charge in [-0.3, -0.25) is 4.79 Å². The van der Waals surface area contributed by atoms with Crippen molar-refractivity contribution in [3.05, 3.63) is 120 Å². The zero-order chi connectivity index (χ0) is 21.9. The smallest absolute Gasteiger partial charge is 0.236 e. The minimum atomic E-state index is -0.386. The van der Waals surface area contributed by atoms with Gasteiger partial charge < -0.3 is 5.32 Å². The third kappa shape index (κ3) is 3.93. The van der Waals surface area contributed by atoms with E-state index >= 15 is 0 Å². The molecule has 0 fully saturated rings. The molecule has 3 nitrogen and oxygen atoms in total. The second-order valence-electron chi connectivity index (χ2n) is 7.71. The van der Waals surface area contributed by atoms with Gasteiger partial charge in [0.15, 0.2) is 0 Å². The molecule has 4 heteroatoms. The molecule has 1 heterocycles. The van der Waals surface area contributed by atoms with Crippen molar-refractivity contribution in [2.24, 2.45) is 0 Å². The van der Waals surface area contributed by atoms with Gasteiger partial charge in [-0.1, -0.05) is 84.9 Å². The Bertz CT molecular complexity index is 1300. The summed E-state index contributed by atoms with van der Waals surface area (Å²) in [5.41, 5.74) is 5.80. The molecule has 0 bridgehead atoms. The van der Waals surface area contributed by atoms with Crippen LogP contribution in [0.1, 0.15) is 22.6 Å². The lowest BCUT2D eigenvalue weighted by molar-refractivity contribution is -0.116. The number of benzene rings is 4. The number of hydrogen-bond acceptors (Lipinski definition) is 3. The van der Waals surface area contributed by atoms with Crippen molar-refractivity contribution < 1.29 is 4.79 Å². The van der Waals surface area contributed by atoms with E-state index in [0.717, 1.165) is 43.2 Å². The SMILES string of the molecule is Cc1c(NC(=O)C(c2ccccc2)c2ccccc2)cccc1-c1nc2ccccc2s1. The Hall–Kier alpha value is -3.76. The predicted octanol–water partition coefficient (Wildman–Crippen LogP) is 7.04. The fourth-order valence-electron chi connectivity index (χ4n) is 3.98. The van der Waals surface area contributed by atoms with Crippen LogP contribution in [0.4, 0.5) is 5.69 Å². The van der Waals surface area contributed by atoms with Gasteiger partial charge in [-0.15, -0.1) is 11.3 Å². The molecule has 1 amide bonds. The van der Waals surface area contributed by atoms with Gasteiger partial charge in [0.2, 0.25) is 5.91 Å². The maximum absolute atomic E-state index is 13.5. The summed E-state index contributed by atoms with van der Waals surface area (Å²) < 4.78 is 1.16. The number of rotatable bonds is 5. The normalized spacial score (nSPS) is 11.1. The average molecular weight is 435 g/mol. The van der Waals surface area contributed by atoms with Crippen molar-refractivity contribution in [3.63, 3.8) is 0 Å². The van der Waals surface area contributed by atoms with Gasteiger partial charge in [-0.25, -0.2) is 4.98 Å². The number of fused-ring (bicyclic) bond motifs is 1. The van der Waals surface area contributed by atoms with Crippen LogP contribution in [0, 0.1) is 6.92 Å². The molecule has 156 valence electrons. The molecule has 0 aliphatic heterocycles. The highest BCUT2D eigenvalue weighted by molar-refractivity contribution is 7.21. The lowest BCUT2D eigenvalue weighted by Gasteiger charge is -2.19. The average Bonchev–Trinajstić information content (AvgIpc) is 3.26. The number of carbonyl (C=O) groups is 1. The Labute approximate surface area is 191 Å². The lowest BCUT2D eigenvalue weighted by atomic mass is 9.90. The van der Waals surface area contributed by atoms with E-state index < -0.39 is 0 Å². The molecule has 0 aliphatic carbocycles. The lowest BCUT2D eigenvalue weighted by Crippen LogP contribution is -2.22. The number of hydrogen-bond donors (Lipinski definition) is 1. The fourth-order valence-corrected chi connectivity index (χ4v) is 5.03. The maximum atomic E-state index is 13.5. The minimum absolute atomic E-state index is 0.0491. The molecule has 0 unspecified atom stereocenters. The van der Waals surface area contributed by atoms with Gasteiger partial charge >= 0.3 is 0 Å². The molecular weight excluding hydrogens is 412 g/mol. The van der Waals surface area contributed by atoms with E-state index in [-0.39, 0.29) is 11.8 Å². The van der Waals surface area contributed by atoms with Gasteiger partial charge in [0, 0.05) is 11.3 Å². The number of anilines is 1. The van der Waals surface area contributed by atoms with Crippen molar-refractivity contribution in [3.8, 4) is 10.6 Å². The summed E-state index contributed by atoms with van der Waals surface area (Å²) in [6.45, 7) is 2.04. The summed E-state index contributed by atoms with van der Waals surface area (Å²) in [7, 11) is 0. The van der Waals surface area contributed by atoms with Crippen molar-refractivity contribution >= 4 is 33.1 Å². The molecule has 0 spiro atoms. The Morgan fingerprint density at radius 2 is 1.41 bits per heavy atom. The molecule has 1 N–H and O–H groups in total. The quantitative estimate of drug-likeness (QED) is 0.322. The van der Waals surface area contributed by atoms with Crippen LogP contribution in [0.5, 0.6) is 0 Å². The molecule has 5 rings (SSSR count). The van der Waals surface area contributed by atoms with Crippen LogP contribution in [0.2, 0.25) is 0 Å². The monoisotopic (exact) mass is 434 g/mol. The molecule has 32 heavy (non-hydrogen) atoms. The van der Waals surface area contributed by atoms with Crippen LogP contribution < -0.4 is 5.32 Å². The summed E-state index contributed by atoms with van der Waals surface area (Å²) in [5, 5.41) is 4.15. The second-order valence-corrected chi connectivity index (χ2v) is 8.74. The van der Waals surface area contributed by atoms with Crippen LogP contribution in [0.15, 0.2) is 103 Å². The Kier molecular flexibility index (Phi) is 5.53. The number of nitrogens with zero attached hydrogens (tertiary/aromatic N) is 1. The number of para-hydroxylation sites is 1. The fraction of sp³-hybridized carbons (Fsp3) is 0.0714. The molecule has 0 aliphatic rings. The van der Waals surface area contributed by atoms with E-state index in [1.165, 1.54) is 0 Å². The Morgan fingerprint density at radius 1 is 0.781 bits per heavy atom. The number of amides is 1. The Morgan fingerprint density at radius 3 is 2.06 bits per heavy atom. The van der Waals surface area contributed by atoms with Crippen molar-refractivity contribution in [2.75, 3.05) is 5.32 Å². The van der Waals surface area contributed by atoms with Gasteiger partial charge in [-0.05, 0) is 41.8 Å². The van der Waals surface area contributed by atoms with E-state index in [4.69, 9.17) is 4.98 Å². The van der Waals surface area contributed by atoms with Crippen LogP contribution in [0.25, 0.3) is 20.8 Å². The van der Waals surface area contributed by atoms with Crippen LogP contribution in [-0.4, -0.2) is 10.9 Å². The third-order valence-corrected chi connectivity index (χ3v) is 6.71. The van der Waals surface area contributed by atoms with Crippen molar-refractivity contribution in [2.45, 2.75) is 12.8 Å². The first-order valence-corrected chi connectivity index (χ1v) is 11.4. The van der Waals surface area contributed by atoms with Crippen molar-refractivity contribution in [1.82, 2.24) is 4.98 Å². The zero-order valence-corrected chi connectivity index (χ0v) is 18.5. The molecule has 0 radical (unpaired) electrons. The third-order valence-electron chi connectivity index (χ3n) is 5.64. The molecule has 0 saturated carbocycles. The first kappa shape index (κ1) is 20.2. The van der Waals surface area contributed by atoms with Crippen LogP contribution >= 0.6 is 11.3 Å². The first-order chi connectivity index (χ1) is 15.7. The number of aromatic nitrogens is 1.